The molecule has 2 aromatic carbocycles. The van der Waals surface area contributed by atoms with E-state index < -0.39 is 5.60 Å². The van der Waals surface area contributed by atoms with Crippen molar-refractivity contribution in [1.29, 1.82) is 0 Å². The first kappa shape index (κ1) is 16.2. The Kier molecular flexibility index (Phi) is 4.06. The van der Waals surface area contributed by atoms with Crippen LogP contribution in [-0.4, -0.2) is 14.8 Å². The van der Waals surface area contributed by atoms with E-state index in [-0.39, 0.29) is 18.0 Å². The zero-order valence-electron chi connectivity index (χ0n) is 13.6. The molecule has 1 aliphatic rings. The van der Waals surface area contributed by atoms with Crippen LogP contribution in [0.4, 0.5) is 4.39 Å². The number of aromatic nitrogens is 3. The van der Waals surface area contributed by atoms with Crippen molar-refractivity contribution in [2.75, 3.05) is 0 Å². The smallest absolute Gasteiger partial charge is 0.147 e. The Morgan fingerprint density at radius 3 is 2.64 bits per heavy atom. The molecule has 3 atom stereocenters. The van der Waals surface area contributed by atoms with Crippen LogP contribution < -0.4 is 0 Å². The highest BCUT2D eigenvalue weighted by Gasteiger charge is 2.64. The second-order valence-electron chi connectivity index (χ2n) is 6.12. The highest BCUT2D eigenvalue weighted by Crippen LogP contribution is 2.64. The van der Waals surface area contributed by atoms with Gasteiger partial charge in [-0.05, 0) is 30.2 Å². The number of nitrogens with zero attached hydrogens (tertiary/aromatic N) is 3. The van der Waals surface area contributed by atoms with Crippen LogP contribution in [0.25, 0.3) is 0 Å². The van der Waals surface area contributed by atoms with E-state index in [0.29, 0.717) is 5.02 Å². The molecule has 0 radical (unpaired) electrons. The van der Waals surface area contributed by atoms with Crippen LogP contribution in [0.1, 0.15) is 36.6 Å². The van der Waals surface area contributed by atoms with Crippen molar-refractivity contribution in [3.8, 4) is 0 Å². The van der Waals surface area contributed by atoms with E-state index in [1.807, 2.05) is 24.3 Å². The molecule has 6 heteroatoms. The maximum absolute atomic E-state index is 13.4. The van der Waals surface area contributed by atoms with Crippen molar-refractivity contribution in [3.05, 3.63) is 83.2 Å². The molecule has 1 saturated heterocycles. The van der Waals surface area contributed by atoms with Crippen molar-refractivity contribution >= 4 is 11.6 Å². The number of halogens is 2. The predicted molar refractivity (Wildman–Crippen MR) is 92.7 cm³/mol. The van der Waals surface area contributed by atoms with E-state index in [1.54, 1.807) is 23.1 Å². The summed E-state index contributed by atoms with van der Waals surface area (Å²) >= 11 is 6.40. The molecule has 25 heavy (non-hydrogen) atoms. The fourth-order valence-corrected chi connectivity index (χ4v) is 3.82. The topological polar surface area (TPSA) is 43.2 Å². The predicted octanol–water partition coefficient (Wildman–Crippen LogP) is 4.69. The molecule has 0 amide bonds. The van der Waals surface area contributed by atoms with Crippen LogP contribution in [-0.2, 0) is 10.3 Å². The van der Waals surface area contributed by atoms with Gasteiger partial charge in [-0.25, -0.2) is 14.1 Å². The van der Waals surface area contributed by atoms with Crippen molar-refractivity contribution in [1.82, 2.24) is 14.8 Å². The summed E-state index contributed by atoms with van der Waals surface area (Å²) in [6, 6.07) is 14.0. The minimum atomic E-state index is -0.652. The fraction of sp³-hybridized carbons (Fsp3) is 0.263. The average molecular weight is 358 g/mol. The highest BCUT2D eigenvalue weighted by atomic mass is 35.5. The van der Waals surface area contributed by atoms with Gasteiger partial charge in [-0.15, -0.1) is 0 Å². The fourth-order valence-electron chi connectivity index (χ4n) is 3.58. The van der Waals surface area contributed by atoms with Crippen molar-refractivity contribution < 1.29 is 9.13 Å². The van der Waals surface area contributed by atoms with Crippen LogP contribution in [0.15, 0.2) is 61.2 Å². The van der Waals surface area contributed by atoms with Gasteiger partial charge in [0.2, 0.25) is 0 Å². The molecule has 0 bridgehead atoms. The summed E-state index contributed by atoms with van der Waals surface area (Å²) in [7, 11) is 0. The first-order valence-corrected chi connectivity index (χ1v) is 8.57. The van der Waals surface area contributed by atoms with Gasteiger partial charge in [-0.3, -0.25) is 0 Å². The van der Waals surface area contributed by atoms with Crippen LogP contribution >= 0.6 is 11.6 Å². The molecule has 1 aromatic heterocycles. The normalized spacial score (nSPS) is 23.4. The van der Waals surface area contributed by atoms with E-state index >= 15 is 0 Å². The third-order valence-corrected chi connectivity index (χ3v) is 5.11. The Bertz CT molecular complexity index is 869. The molecule has 0 N–H and O–H groups in total. The molecule has 1 fully saturated rings. The van der Waals surface area contributed by atoms with E-state index in [4.69, 9.17) is 16.3 Å². The summed E-state index contributed by atoms with van der Waals surface area (Å²) < 4.78 is 21.5. The lowest BCUT2D eigenvalue weighted by Crippen LogP contribution is -2.26. The van der Waals surface area contributed by atoms with E-state index in [9.17, 15) is 4.39 Å². The minimum Gasteiger partial charge on any atom is -0.353 e. The van der Waals surface area contributed by atoms with Gasteiger partial charge in [-0.1, -0.05) is 48.9 Å². The van der Waals surface area contributed by atoms with E-state index in [1.165, 1.54) is 18.5 Å². The molecule has 128 valence electrons. The van der Waals surface area contributed by atoms with Crippen LogP contribution in [0.2, 0.25) is 5.02 Å². The molecule has 4 rings (SSSR count). The summed E-state index contributed by atoms with van der Waals surface area (Å²) in [4.78, 5) is 4.07. The van der Waals surface area contributed by atoms with Gasteiger partial charge in [-0.2, -0.15) is 5.10 Å². The third-order valence-electron chi connectivity index (χ3n) is 4.77. The quantitative estimate of drug-likeness (QED) is 0.622. The second-order valence-corrected chi connectivity index (χ2v) is 6.53. The van der Waals surface area contributed by atoms with E-state index in [0.717, 1.165) is 17.5 Å². The summed E-state index contributed by atoms with van der Waals surface area (Å²) in [5.74, 6) is -0.275. The Labute approximate surface area is 150 Å². The van der Waals surface area contributed by atoms with Gasteiger partial charge in [0.1, 0.15) is 30.2 Å². The van der Waals surface area contributed by atoms with E-state index in [2.05, 4.69) is 17.0 Å². The molecule has 3 aromatic rings. The van der Waals surface area contributed by atoms with Gasteiger partial charge in [0.25, 0.3) is 0 Å². The molecule has 3 unspecified atom stereocenters. The molecule has 1 aliphatic heterocycles. The van der Waals surface area contributed by atoms with Crippen molar-refractivity contribution in [2.24, 2.45) is 0 Å². The monoisotopic (exact) mass is 357 g/mol. The maximum atomic E-state index is 13.4. The van der Waals surface area contributed by atoms with Crippen LogP contribution in [0, 0.1) is 5.82 Å². The zero-order valence-corrected chi connectivity index (χ0v) is 14.4. The second kappa shape index (κ2) is 6.24. The van der Waals surface area contributed by atoms with Crippen molar-refractivity contribution in [2.45, 2.75) is 31.1 Å². The Balaban J connectivity index is 1.83. The molecule has 2 heterocycles. The first-order chi connectivity index (χ1) is 12.2. The molecule has 0 spiro atoms. The first-order valence-electron chi connectivity index (χ1n) is 8.19. The Morgan fingerprint density at radius 2 is 2.00 bits per heavy atom. The maximum Gasteiger partial charge on any atom is 0.147 e. The zero-order chi connectivity index (χ0) is 17.4. The third kappa shape index (κ3) is 2.64. The SMILES string of the molecule is CCC(n1cncn1)C1(c2ccc(F)cc2)OC1c1ccccc1Cl. The summed E-state index contributed by atoms with van der Waals surface area (Å²) in [6.07, 6.45) is 3.75. The lowest BCUT2D eigenvalue weighted by atomic mass is 9.84. The molecular formula is C19H17ClFN3O. The van der Waals surface area contributed by atoms with Gasteiger partial charge >= 0.3 is 0 Å². The number of hydrogen-bond donors (Lipinski definition) is 0. The molecule has 4 nitrogen and oxygen atoms in total. The molecule has 0 saturated carbocycles. The summed E-state index contributed by atoms with van der Waals surface area (Å²) in [6.45, 7) is 2.07. The van der Waals surface area contributed by atoms with Gasteiger partial charge in [0.05, 0.1) is 6.04 Å². The Morgan fingerprint density at radius 1 is 1.24 bits per heavy atom. The van der Waals surface area contributed by atoms with Crippen molar-refractivity contribution in [3.63, 3.8) is 0 Å². The van der Waals surface area contributed by atoms with Gasteiger partial charge in [0, 0.05) is 10.6 Å². The van der Waals surface area contributed by atoms with Gasteiger partial charge in [0.15, 0.2) is 0 Å². The lowest BCUT2D eigenvalue weighted by molar-refractivity contribution is 0.200. The number of hydrogen-bond acceptors (Lipinski definition) is 3. The number of rotatable bonds is 5. The molecular weight excluding hydrogens is 341 g/mol. The summed E-state index contributed by atoms with van der Waals surface area (Å²) in [5.41, 5.74) is 1.18. The Hall–Kier alpha value is -2.24. The summed E-state index contributed by atoms with van der Waals surface area (Å²) in [5, 5.41) is 4.96. The lowest BCUT2D eigenvalue weighted by Gasteiger charge is -2.24. The minimum absolute atomic E-state index is 0.0817. The number of ether oxygens (including phenoxy) is 1. The van der Waals surface area contributed by atoms with Gasteiger partial charge < -0.3 is 4.74 Å². The largest absolute Gasteiger partial charge is 0.353 e. The highest BCUT2D eigenvalue weighted by molar-refractivity contribution is 6.31. The number of epoxide rings is 1. The standard InChI is InChI=1S/C19H17ClFN3O/c1-2-17(24-12-22-11-23-24)19(13-7-9-14(21)10-8-13)18(25-19)15-5-3-4-6-16(15)20/h3-12,17-18H,2H2,1H3. The molecule has 0 aliphatic carbocycles. The average Bonchev–Trinajstić information content (AvgIpc) is 3.11. The van der Waals surface area contributed by atoms with Crippen LogP contribution in [0.5, 0.6) is 0 Å². The van der Waals surface area contributed by atoms with Crippen LogP contribution in [0.3, 0.4) is 0 Å². The number of benzene rings is 2.